The number of piperazine rings is 1. The number of phenols is 1. The van der Waals surface area contributed by atoms with E-state index in [1.807, 2.05) is 0 Å². The Bertz CT molecular complexity index is 675. The van der Waals surface area contributed by atoms with E-state index in [0.29, 0.717) is 15.6 Å². The van der Waals surface area contributed by atoms with Crippen LogP contribution < -0.4 is 5.32 Å². The molecule has 1 atom stereocenters. The van der Waals surface area contributed by atoms with E-state index in [1.54, 1.807) is 6.08 Å². The van der Waals surface area contributed by atoms with Crippen molar-refractivity contribution in [3.8, 4) is 5.75 Å². The van der Waals surface area contributed by atoms with Gasteiger partial charge in [0.15, 0.2) is 5.17 Å². The minimum atomic E-state index is -0.517. The van der Waals surface area contributed by atoms with Crippen molar-refractivity contribution in [3.05, 3.63) is 34.5 Å². The lowest BCUT2D eigenvalue weighted by atomic mass is 10.2. The van der Waals surface area contributed by atoms with Gasteiger partial charge >= 0.3 is 0 Å². The first kappa shape index (κ1) is 15.1. The Morgan fingerprint density at radius 2 is 2.36 bits per heavy atom. The van der Waals surface area contributed by atoms with Gasteiger partial charge in [0, 0.05) is 37.3 Å². The number of amidine groups is 1. The van der Waals surface area contributed by atoms with E-state index in [2.05, 4.69) is 22.1 Å². The van der Waals surface area contributed by atoms with Crippen molar-refractivity contribution in [3.63, 3.8) is 0 Å². The third kappa shape index (κ3) is 3.00. The van der Waals surface area contributed by atoms with Crippen LogP contribution in [-0.2, 0) is 4.79 Å². The molecule has 22 heavy (non-hydrogen) atoms. The number of hydrogen-bond donors (Lipinski definition) is 2. The van der Waals surface area contributed by atoms with Gasteiger partial charge in [-0.05, 0) is 36.9 Å². The van der Waals surface area contributed by atoms with E-state index in [0.717, 1.165) is 25.7 Å². The lowest BCUT2D eigenvalue weighted by Gasteiger charge is -2.34. The minimum Gasteiger partial charge on any atom is -0.507 e. The van der Waals surface area contributed by atoms with E-state index in [4.69, 9.17) is 0 Å². The van der Waals surface area contributed by atoms with Crippen LogP contribution in [0.1, 0.15) is 12.5 Å². The zero-order valence-electron chi connectivity index (χ0n) is 12.0. The molecule has 0 saturated carbocycles. The molecule has 5 nitrogen and oxygen atoms in total. The zero-order valence-corrected chi connectivity index (χ0v) is 12.9. The fourth-order valence-electron chi connectivity index (χ4n) is 2.43. The normalized spacial score (nSPS) is 24.0. The molecular formula is C15H16FN3O2S. The van der Waals surface area contributed by atoms with Crippen LogP contribution in [0, 0.1) is 5.82 Å². The van der Waals surface area contributed by atoms with Gasteiger partial charge in [-0.25, -0.2) is 4.39 Å². The molecule has 0 bridgehead atoms. The summed E-state index contributed by atoms with van der Waals surface area (Å²) < 4.78 is 13.0. The number of phenolic OH excluding ortho intramolecular Hbond substituents is 1. The van der Waals surface area contributed by atoms with E-state index < -0.39 is 5.82 Å². The van der Waals surface area contributed by atoms with Gasteiger partial charge in [0.25, 0.3) is 5.91 Å². The first-order valence-electron chi connectivity index (χ1n) is 7.03. The highest BCUT2D eigenvalue weighted by atomic mass is 32.2. The molecule has 0 unspecified atom stereocenters. The van der Waals surface area contributed by atoms with Crippen molar-refractivity contribution in [2.75, 3.05) is 19.6 Å². The summed E-state index contributed by atoms with van der Waals surface area (Å²) in [4.78, 5) is 18.7. The Balaban J connectivity index is 1.80. The van der Waals surface area contributed by atoms with Gasteiger partial charge in [0.2, 0.25) is 0 Å². The molecule has 2 aliphatic rings. The summed E-state index contributed by atoms with van der Waals surface area (Å²) in [6.45, 7) is 4.59. The molecule has 1 aromatic rings. The average Bonchev–Trinajstić information content (AvgIpc) is 2.83. The highest BCUT2D eigenvalue weighted by molar-refractivity contribution is 8.18. The number of aromatic hydroxyl groups is 1. The second-order valence-corrected chi connectivity index (χ2v) is 6.27. The summed E-state index contributed by atoms with van der Waals surface area (Å²) >= 11 is 1.29. The molecule has 116 valence electrons. The lowest BCUT2D eigenvalue weighted by Crippen LogP contribution is -2.51. The van der Waals surface area contributed by atoms with E-state index in [-0.39, 0.29) is 17.7 Å². The molecule has 2 heterocycles. The molecule has 1 aromatic carbocycles. The monoisotopic (exact) mass is 321 g/mol. The first-order valence-corrected chi connectivity index (χ1v) is 7.84. The number of hydrogen-bond acceptors (Lipinski definition) is 5. The molecule has 0 aromatic heterocycles. The molecule has 1 amide bonds. The maximum atomic E-state index is 13.0. The van der Waals surface area contributed by atoms with E-state index >= 15 is 0 Å². The summed E-state index contributed by atoms with van der Waals surface area (Å²) in [5.74, 6) is -1.03. The number of nitrogens with one attached hydrogen (secondary N) is 1. The largest absolute Gasteiger partial charge is 0.507 e. The molecule has 0 radical (unpaired) electrons. The van der Waals surface area contributed by atoms with Crippen LogP contribution in [0.15, 0.2) is 28.1 Å². The van der Waals surface area contributed by atoms with Gasteiger partial charge in [-0.2, -0.15) is 4.99 Å². The van der Waals surface area contributed by atoms with Crippen LogP contribution in [0.2, 0.25) is 0 Å². The molecule has 0 aliphatic carbocycles. The Labute approximate surface area is 131 Å². The highest BCUT2D eigenvalue weighted by Gasteiger charge is 2.30. The van der Waals surface area contributed by atoms with Crippen LogP contribution in [-0.4, -0.2) is 46.8 Å². The molecule has 2 aliphatic heterocycles. The van der Waals surface area contributed by atoms with Crippen molar-refractivity contribution in [2.24, 2.45) is 4.99 Å². The second kappa shape index (κ2) is 6.10. The lowest BCUT2D eigenvalue weighted by molar-refractivity contribution is -0.113. The van der Waals surface area contributed by atoms with Crippen LogP contribution in [0.5, 0.6) is 5.75 Å². The Kier molecular flexibility index (Phi) is 4.17. The van der Waals surface area contributed by atoms with Gasteiger partial charge in [-0.1, -0.05) is 0 Å². The van der Waals surface area contributed by atoms with Crippen LogP contribution in [0.4, 0.5) is 4.39 Å². The number of carbonyl (C=O) groups is 1. The fraction of sp³-hybridized carbons (Fsp3) is 0.333. The Hall–Kier alpha value is -1.86. The van der Waals surface area contributed by atoms with Gasteiger partial charge in [0.05, 0.1) is 4.91 Å². The molecule has 2 N–H and O–H groups in total. The van der Waals surface area contributed by atoms with Crippen LogP contribution in [0.3, 0.4) is 0 Å². The number of carbonyl (C=O) groups excluding carboxylic acids is 1. The fourth-order valence-corrected chi connectivity index (χ4v) is 3.46. The first-order chi connectivity index (χ1) is 10.5. The standard InChI is InChI=1S/C15H16FN3O2S/c1-9-8-17-4-5-19(9)15-18-14(21)13(22-15)6-10-2-3-11(16)7-12(10)20/h2-3,6-7,9,17,20H,4-5,8H2,1H3/b13-6-/t9-/m0/s1. The van der Waals surface area contributed by atoms with Crippen molar-refractivity contribution in [1.29, 1.82) is 0 Å². The molecule has 0 spiro atoms. The van der Waals surface area contributed by atoms with E-state index in [1.165, 1.54) is 23.9 Å². The zero-order chi connectivity index (χ0) is 15.7. The predicted molar refractivity (Wildman–Crippen MR) is 85.1 cm³/mol. The highest BCUT2D eigenvalue weighted by Crippen LogP contribution is 2.33. The maximum Gasteiger partial charge on any atom is 0.286 e. The van der Waals surface area contributed by atoms with Crippen molar-refractivity contribution < 1.29 is 14.3 Å². The van der Waals surface area contributed by atoms with Crippen LogP contribution >= 0.6 is 11.8 Å². The number of rotatable bonds is 1. The molecular weight excluding hydrogens is 305 g/mol. The number of amides is 1. The number of thioether (sulfide) groups is 1. The number of benzene rings is 1. The van der Waals surface area contributed by atoms with Gasteiger partial charge in [-0.15, -0.1) is 0 Å². The van der Waals surface area contributed by atoms with Gasteiger partial charge in [-0.3, -0.25) is 4.79 Å². The minimum absolute atomic E-state index is 0.190. The van der Waals surface area contributed by atoms with Crippen molar-refractivity contribution in [2.45, 2.75) is 13.0 Å². The van der Waals surface area contributed by atoms with Gasteiger partial charge in [0.1, 0.15) is 11.6 Å². The summed E-state index contributed by atoms with van der Waals surface area (Å²) in [6, 6.07) is 3.98. The SMILES string of the molecule is C[C@H]1CNCCN1C1=NC(=O)/C(=C/c2ccc(F)cc2O)S1. The molecule has 1 saturated heterocycles. The number of halogens is 1. The average molecular weight is 321 g/mol. The third-order valence-corrected chi connectivity index (χ3v) is 4.66. The van der Waals surface area contributed by atoms with E-state index in [9.17, 15) is 14.3 Å². The third-order valence-electron chi connectivity index (χ3n) is 3.64. The summed E-state index contributed by atoms with van der Waals surface area (Å²) in [7, 11) is 0. The molecule has 3 rings (SSSR count). The number of aliphatic imine (C=N–C) groups is 1. The maximum absolute atomic E-state index is 13.0. The van der Waals surface area contributed by atoms with Crippen molar-refractivity contribution in [1.82, 2.24) is 10.2 Å². The van der Waals surface area contributed by atoms with Gasteiger partial charge < -0.3 is 15.3 Å². The Morgan fingerprint density at radius 3 is 3.09 bits per heavy atom. The second-order valence-electron chi connectivity index (χ2n) is 5.26. The van der Waals surface area contributed by atoms with Crippen LogP contribution in [0.25, 0.3) is 6.08 Å². The summed E-state index contributed by atoms with van der Waals surface area (Å²) in [6.07, 6.45) is 1.55. The predicted octanol–water partition coefficient (Wildman–Crippen LogP) is 1.80. The molecule has 7 heteroatoms. The smallest absolute Gasteiger partial charge is 0.286 e. The summed E-state index contributed by atoms with van der Waals surface area (Å²) in [5, 5.41) is 13.7. The molecule has 1 fully saturated rings. The quantitative estimate of drug-likeness (QED) is 0.772. The number of nitrogens with zero attached hydrogens (tertiary/aromatic N) is 2. The summed E-state index contributed by atoms with van der Waals surface area (Å²) in [5.41, 5.74) is 0.405. The topological polar surface area (TPSA) is 64.9 Å². The van der Waals surface area contributed by atoms with Crippen molar-refractivity contribution >= 4 is 28.9 Å². The Morgan fingerprint density at radius 1 is 1.55 bits per heavy atom.